The Morgan fingerprint density at radius 2 is 2.44 bits per heavy atom. The number of nitrogens with two attached hydrogens (primary N) is 1. The fourth-order valence-electron chi connectivity index (χ4n) is 2.58. The van der Waals surface area contributed by atoms with Crippen LogP contribution in [0.1, 0.15) is 38.4 Å². The molecule has 0 radical (unpaired) electrons. The van der Waals surface area contributed by atoms with Crippen molar-refractivity contribution in [3.8, 4) is 11.6 Å². The van der Waals surface area contributed by atoms with Crippen LogP contribution in [0.15, 0.2) is 9.90 Å². The van der Waals surface area contributed by atoms with Crippen molar-refractivity contribution in [2.45, 2.75) is 38.1 Å². The van der Waals surface area contributed by atoms with Crippen LogP contribution >= 0.6 is 11.5 Å². The van der Waals surface area contributed by atoms with Gasteiger partial charge in [-0.05, 0) is 30.3 Å². The third-order valence-electron chi connectivity index (χ3n) is 3.48. The molecule has 2 atom stereocenters. The number of hydrogen-bond acceptors (Lipinski definition) is 7. The number of aromatic nitrogens is 4. The molecular formula is C11H15N5OS. The van der Waals surface area contributed by atoms with Crippen LogP contribution in [0.5, 0.6) is 0 Å². The van der Waals surface area contributed by atoms with Gasteiger partial charge in [0, 0.05) is 5.38 Å². The van der Waals surface area contributed by atoms with Crippen molar-refractivity contribution < 1.29 is 4.52 Å². The second-order valence-electron chi connectivity index (χ2n) is 5.07. The molecule has 0 spiro atoms. The van der Waals surface area contributed by atoms with Gasteiger partial charge >= 0.3 is 0 Å². The van der Waals surface area contributed by atoms with Gasteiger partial charge in [0.05, 0.1) is 5.54 Å². The van der Waals surface area contributed by atoms with Crippen LogP contribution in [-0.2, 0) is 5.54 Å². The molecule has 2 aromatic rings. The minimum atomic E-state index is -0.455. The third kappa shape index (κ3) is 2.04. The van der Waals surface area contributed by atoms with E-state index in [4.69, 9.17) is 10.3 Å². The fraction of sp³-hybridized carbons (Fsp3) is 0.636. The average Bonchev–Trinajstić information content (AvgIpc) is 3.00. The maximum atomic E-state index is 6.42. The molecule has 0 aromatic carbocycles. The normalized spacial score (nSPS) is 28.4. The monoisotopic (exact) mass is 265 g/mol. The van der Waals surface area contributed by atoms with Crippen LogP contribution < -0.4 is 5.73 Å². The van der Waals surface area contributed by atoms with E-state index in [2.05, 4.69) is 26.7 Å². The van der Waals surface area contributed by atoms with Crippen LogP contribution in [0.25, 0.3) is 11.6 Å². The lowest BCUT2D eigenvalue weighted by molar-refractivity contribution is 0.222. The molecular weight excluding hydrogens is 250 g/mol. The first-order valence-corrected chi connectivity index (χ1v) is 6.91. The minimum Gasteiger partial charge on any atom is -0.332 e. The third-order valence-corrected chi connectivity index (χ3v) is 3.99. The summed E-state index contributed by atoms with van der Waals surface area (Å²) in [6.07, 6.45) is 4.15. The summed E-state index contributed by atoms with van der Waals surface area (Å²) < 4.78 is 9.01. The molecule has 0 bridgehead atoms. The zero-order valence-corrected chi connectivity index (χ0v) is 11.0. The van der Waals surface area contributed by atoms with Crippen LogP contribution in [0.2, 0.25) is 0 Å². The van der Waals surface area contributed by atoms with Crippen molar-refractivity contribution in [3.63, 3.8) is 0 Å². The Hall–Kier alpha value is -1.34. The largest absolute Gasteiger partial charge is 0.332 e. The van der Waals surface area contributed by atoms with Crippen LogP contribution in [-0.4, -0.2) is 19.7 Å². The molecule has 1 saturated carbocycles. The van der Waals surface area contributed by atoms with Crippen molar-refractivity contribution >= 4 is 11.5 Å². The van der Waals surface area contributed by atoms with E-state index in [-0.39, 0.29) is 0 Å². The van der Waals surface area contributed by atoms with Crippen molar-refractivity contribution in [1.29, 1.82) is 0 Å². The summed E-state index contributed by atoms with van der Waals surface area (Å²) in [7, 11) is 0. The van der Waals surface area contributed by atoms with Crippen molar-refractivity contribution in [1.82, 2.24) is 19.7 Å². The molecule has 18 heavy (non-hydrogen) atoms. The quantitative estimate of drug-likeness (QED) is 0.892. The van der Waals surface area contributed by atoms with Crippen molar-refractivity contribution in [2.24, 2.45) is 11.7 Å². The Morgan fingerprint density at radius 1 is 1.56 bits per heavy atom. The van der Waals surface area contributed by atoms with Crippen molar-refractivity contribution in [2.75, 3.05) is 0 Å². The summed E-state index contributed by atoms with van der Waals surface area (Å²) >= 11 is 1.26. The summed E-state index contributed by atoms with van der Waals surface area (Å²) in [6.45, 7) is 2.21. The van der Waals surface area contributed by atoms with E-state index >= 15 is 0 Å². The Morgan fingerprint density at radius 3 is 3.17 bits per heavy atom. The SMILES string of the molecule is CC1CCCC(N)(c2noc(-c3csnn3)n2)C1. The minimum absolute atomic E-state index is 0.404. The number of hydrogen-bond donors (Lipinski definition) is 1. The predicted molar refractivity (Wildman–Crippen MR) is 66.7 cm³/mol. The highest BCUT2D eigenvalue weighted by atomic mass is 32.1. The Kier molecular flexibility index (Phi) is 2.87. The van der Waals surface area contributed by atoms with E-state index in [1.165, 1.54) is 18.0 Å². The second kappa shape index (κ2) is 4.40. The van der Waals surface area contributed by atoms with Gasteiger partial charge in [-0.25, -0.2) is 0 Å². The highest BCUT2D eigenvalue weighted by molar-refractivity contribution is 7.03. The molecule has 0 saturated heterocycles. The van der Waals surface area contributed by atoms with E-state index in [0.717, 1.165) is 19.3 Å². The average molecular weight is 265 g/mol. The molecule has 2 heterocycles. The first-order valence-electron chi connectivity index (χ1n) is 6.08. The molecule has 96 valence electrons. The lowest BCUT2D eigenvalue weighted by atomic mass is 9.76. The van der Waals surface area contributed by atoms with Gasteiger partial charge in [-0.1, -0.05) is 29.4 Å². The molecule has 2 unspecified atom stereocenters. The molecule has 7 heteroatoms. The second-order valence-corrected chi connectivity index (χ2v) is 5.68. The summed E-state index contributed by atoms with van der Waals surface area (Å²) in [4.78, 5) is 4.38. The van der Waals surface area contributed by atoms with Gasteiger partial charge in [0.2, 0.25) is 0 Å². The summed E-state index contributed by atoms with van der Waals surface area (Å²) in [6, 6.07) is 0. The summed E-state index contributed by atoms with van der Waals surface area (Å²) in [5.41, 5.74) is 6.58. The molecule has 2 aromatic heterocycles. The first kappa shape index (κ1) is 11.7. The van der Waals surface area contributed by atoms with E-state index in [1.807, 2.05) is 0 Å². The number of nitrogens with zero attached hydrogens (tertiary/aromatic N) is 4. The Balaban J connectivity index is 1.88. The van der Waals surface area contributed by atoms with E-state index < -0.39 is 5.54 Å². The molecule has 1 aliphatic carbocycles. The molecule has 0 amide bonds. The van der Waals surface area contributed by atoms with Gasteiger partial charge in [0.15, 0.2) is 11.5 Å². The van der Waals surface area contributed by atoms with Crippen LogP contribution in [0.3, 0.4) is 0 Å². The number of rotatable bonds is 2. The maximum Gasteiger partial charge on any atom is 0.279 e. The van der Waals surface area contributed by atoms with Gasteiger partial charge in [-0.2, -0.15) is 4.98 Å². The predicted octanol–water partition coefficient (Wildman–Crippen LogP) is 1.95. The molecule has 2 N–H and O–H groups in total. The lowest BCUT2D eigenvalue weighted by Crippen LogP contribution is -2.42. The summed E-state index contributed by atoms with van der Waals surface area (Å²) in [5, 5.41) is 9.72. The Bertz CT molecular complexity index is 525. The van der Waals surface area contributed by atoms with E-state index in [9.17, 15) is 0 Å². The molecule has 0 aliphatic heterocycles. The van der Waals surface area contributed by atoms with Crippen LogP contribution in [0, 0.1) is 5.92 Å². The molecule has 6 nitrogen and oxygen atoms in total. The lowest BCUT2D eigenvalue weighted by Gasteiger charge is -2.33. The smallest absolute Gasteiger partial charge is 0.279 e. The summed E-state index contributed by atoms with van der Waals surface area (Å²) in [5.74, 6) is 1.60. The zero-order valence-electron chi connectivity index (χ0n) is 10.2. The van der Waals surface area contributed by atoms with Gasteiger partial charge in [0.25, 0.3) is 5.89 Å². The highest BCUT2D eigenvalue weighted by Crippen LogP contribution is 2.36. The van der Waals surface area contributed by atoms with E-state index in [0.29, 0.717) is 23.3 Å². The topological polar surface area (TPSA) is 90.7 Å². The molecule has 3 rings (SSSR count). The van der Waals surface area contributed by atoms with Crippen LogP contribution in [0.4, 0.5) is 0 Å². The zero-order chi connectivity index (χ0) is 12.6. The standard InChI is InChI=1S/C11H15N5OS/c1-7-3-2-4-11(12,5-7)10-13-9(17-15-10)8-6-18-16-14-8/h6-7H,2-5,12H2,1H3. The van der Waals surface area contributed by atoms with Gasteiger partial charge in [-0.3, -0.25) is 0 Å². The van der Waals surface area contributed by atoms with Gasteiger partial charge in [0.1, 0.15) is 0 Å². The van der Waals surface area contributed by atoms with Gasteiger partial charge < -0.3 is 10.3 Å². The van der Waals surface area contributed by atoms with E-state index in [1.54, 1.807) is 5.38 Å². The van der Waals surface area contributed by atoms with Crippen molar-refractivity contribution in [3.05, 3.63) is 11.2 Å². The fourth-order valence-corrected chi connectivity index (χ4v) is 3.01. The molecule has 1 aliphatic rings. The first-order chi connectivity index (χ1) is 8.67. The molecule has 1 fully saturated rings. The van der Waals surface area contributed by atoms with Gasteiger partial charge in [-0.15, -0.1) is 5.10 Å². The highest BCUT2D eigenvalue weighted by Gasteiger charge is 2.37. The Labute approximate surface area is 109 Å². The maximum absolute atomic E-state index is 6.42.